The van der Waals surface area contributed by atoms with Gasteiger partial charge in [0.2, 0.25) is 16.9 Å². The molecule has 0 atom stereocenters. The van der Waals surface area contributed by atoms with E-state index in [1.54, 1.807) is 6.07 Å². The lowest BCUT2D eigenvalue weighted by molar-refractivity contribution is 0.267. The summed E-state index contributed by atoms with van der Waals surface area (Å²) in [5.41, 5.74) is 1.21. The van der Waals surface area contributed by atoms with Crippen molar-refractivity contribution in [3.63, 3.8) is 0 Å². The lowest BCUT2D eigenvalue weighted by Crippen LogP contribution is -2.08. The van der Waals surface area contributed by atoms with Crippen LogP contribution in [0.2, 0.25) is 0 Å². The van der Waals surface area contributed by atoms with Gasteiger partial charge in [0.1, 0.15) is 6.26 Å². The second kappa shape index (κ2) is 7.91. The first-order valence-corrected chi connectivity index (χ1v) is 8.16. The van der Waals surface area contributed by atoms with E-state index in [1.807, 2.05) is 30.3 Å². The van der Waals surface area contributed by atoms with Crippen molar-refractivity contribution in [1.82, 2.24) is 0 Å². The molecule has 0 aliphatic rings. The van der Waals surface area contributed by atoms with Crippen LogP contribution < -0.4 is 19.6 Å². The molecular weight excluding hydrogens is 339 g/mol. The Kier molecular flexibility index (Phi) is 5.41. The minimum atomic E-state index is -0.508. The first-order chi connectivity index (χ1) is 12.7. The van der Waals surface area contributed by atoms with Crippen molar-refractivity contribution in [1.29, 1.82) is 0 Å². The van der Waals surface area contributed by atoms with Crippen molar-refractivity contribution in [3.05, 3.63) is 52.9 Å². The summed E-state index contributed by atoms with van der Waals surface area (Å²) in [5, 5.41) is 0.305. The molecule has 0 spiro atoms. The Morgan fingerprint density at radius 2 is 1.85 bits per heavy atom. The lowest BCUT2D eigenvalue weighted by Gasteiger charge is -2.15. The molecule has 0 aliphatic heterocycles. The highest BCUT2D eigenvalue weighted by Gasteiger charge is 2.21. The molecule has 136 valence electrons. The lowest BCUT2D eigenvalue weighted by atomic mass is 10.1. The molecule has 5 nitrogen and oxygen atoms in total. The topological polar surface area (TPSA) is 57.9 Å². The highest BCUT2D eigenvalue weighted by atomic mass is 19.1. The quantitative estimate of drug-likeness (QED) is 0.592. The van der Waals surface area contributed by atoms with E-state index < -0.39 is 6.67 Å². The van der Waals surface area contributed by atoms with Gasteiger partial charge in [-0.2, -0.15) is 0 Å². The van der Waals surface area contributed by atoms with Crippen LogP contribution in [0, 0.1) is 0 Å². The van der Waals surface area contributed by atoms with Crippen LogP contribution in [-0.2, 0) is 0 Å². The summed E-state index contributed by atoms with van der Waals surface area (Å²) in [5.74, 6) is 0.870. The van der Waals surface area contributed by atoms with Crippen LogP contribution >= 0.6 is 0 Å². The molecule has 0 N–H and O–H groups in total. The van der Waals surface area contributed by atoms with Gasteiger partial charge in [-0.05, 0) is 11.6 Å². The first kappa shape index (κ1) is 17.8. The fraction of sp³-hybridized carbons (Fsp3) is 0.250. The van der Waals surface area contributed by atoms with Gasteiger partial charge in [0.25, 0.3) is 0 Å². The standard InChI is InChI=1S/C20H19FO5/c1-23-16-11-14-17(22)15(13-7-4-3-5-8-13)12-26-18(14)20(19(16)24-2)25-10-6-9-21/h3-5,7-8,11-12H,6,9-10H2,1-2H3. The van der Waals surface area contributed by atoms with Gasteiger partial charge in [0.15, 0.2) is 11.3 Å². The first-order valence-electron chi connectivity index (χ1n) is 8.16. The van der Waals surface area contributed by atoms with E-state index in [2.05, 4.69) is 0 Å². The van der Waals surface area contributed by atoms with Crippen molar-refractivity contribution in [2.45, 2.75) is 6.42 Å². The van der Waals surface area contributed by atoms with E-state index in [0.29, 0.717) is 22.4 Å². The van der Waals surface area contributed by atoms with Crippen molar-refractivity contribution >= 4 is 11.0 Å². The number of alkyl halides is 1. The zero-order valence-electron chi connectivity index (χ0n) is 14.6. The maximum atomic E-state index is 13.0. The molecular formula is C20H19FO5. The van der Waals surface area contributed by atoms with Crippen molar-refractivity contribution in [2.24, 2.45) is 0 Å². The van der Waals surface area contributed by atoms with Crippen LogP contribution in [0.4, 0.5) is 4.39 Å². The van der Waals surface area contributed by atoms with E-state index in [9.17, 15) is 9.18 Å². The second-order valence-electron chi connectivity index (χ2n) is 5.55. The van der Waals surface area contributed by atoms with Crippen LogP contribution in [0.25, 0.3) is 22.1 Å². The molecule has 1 aromatic heterocycles. The molecule has 6 heteroatoms. The molecule has 1 heterocycles. The van der Waals surface area contributed by atoms with Crippen molar-refractivity contribution in [3.8, 4) is 28.4 Å². The third-order valence-electron chi connectivity index (χ3n) is 3.97. The zero-order valence-corrected chi connectivity index (χ0v) is 14.6. The minimum Gasteiger partial charge on any atom is -0.493 e. The molecule has 3 aromatic rings. The largest absolute Gasteiger partial charge is 0.493 e. The molecule has 26 heavy (non-hydrogen) atoms. The average molecular weight is 358 g/mol. The van der Waals surface area contributed by atoms with Crippen LogP contribution in [0.1, 0.15) is 6.42 Å². The highest BCUT2D eigenvalue weighted by molar-refractivity contribution is 5.90. The van der Waals surface area contributed by atoms with Crippen LogP contribution in [0.15, 0.2) is 51.9 Å². The number of benzene rings is 2. The Morgan fingerprint density at radius 1 is 1.08 bits per heavy atom. The molecule has 0 fully saturated rings. The average Bonchev–Trinajstić information content (AvgIpc) is 2.68. The highest BCUT2D eigenvalue weighted by Crippen LogP contribution is 2.43. The van der Waals surface area contributed by atoms with Gasteiger partial charge in [-0.1, -0.05) is 30.3 Å². The van der Waals surface area contributed by atoms with E-state index in [1.165, 1.54) is 20.5 Å². The SMILES string of the molecule is COc1cc2c(=O)c(-c3ccccc3)coc2c(OCCCF)c1OC. The maximum absolute atomic E-state index is 13.0. The summed E-state index contributed by atoms with van der Waals surface area (Å²) in [7, 11) is 2.93. The molecule has 0 saturated carbocycles. The van der Waals surface area contributed by atoms with Gasteiger partial charge in [-0.15, -0.1) is 0 Å². The van der Waals surface area contributed by atoms with Crippen LogP contribution in [0.3, 0.4) is 0 Å². The summed E-state index contributed by atoms with van der Waals surface area (Å²) < 4.78 is 34.5. The summed E-state index contributed by atoms with van der Waals surface area (Å²) >= 11 is 0. The number of hydrogen-bond donors (Lipinski definition) is 0. The van der Waals surface area contributed by atoms with Crippen molar-refractivity contribution < 1.29 is 23.0 Å². The Morgan fingerprint density at radius 3 is 2.50 bits per heavy atom. The number of hydrogen-bond acceptors (Lipinski definition) is 5. The minimum absolute atomic E-state index is 0.124. The number of methoxy groups -OCH3 is 2. The normalized spacial score (nSPS) is 10.7. The van der Waals surface area contributed by atoms with E-state index in [0.717, 1.165) is 5.56 Å². The van der Waals surface area contributed by atoms with Gasteiger partial charge in [0.05, 0.1) is 38.5 Å². The van der Waals surface area contributed by atoms with Gasteiger partial charge in [0, 0.05) is 6.42 Å². The number of fused-ring (bicyclic) bond motifs is 1. The van der Waals surface area contributed by atoms with Crippen LogP contribution in [0.5, 0.6) is 17.2 Å². The third-order valence-corrected chi connectivity index (χ3v) is 3.97. The van der Waals surface area contributed by atoms with E-state index in [4.69, 9.17) is 18.6 Å². The molecule has 0 aliphatic carbocycles. The van der Waals surface area contributed by atoms with Gasteiger partial charge in [-0.25, -0.2) is 0 Å². The van der Waals surface area contributed by atoms with Crippen molar-refractivity contribution in [2.75, 3.05) is 27.5 Å². The van der Waals surface area contributed by atoms with Gasteiger partial charge < -0.3 is 18.6 Å². The fourth-order valence-electron chi connectivity index (χ4n) is 2.72. The predicted molar refractivity (Wildman–Crippen MR) is 97.1 cm³/mol. The molecule has 0 radical (unpaired) electrons. The zero-order chi connectivity index (χ0) is 18.5. The predicted octanol–water partition coefficient (Wildman–Crippen LogP) is 4.22. The molecule has 0 bridgehead atoms. The number of rotatable bonds is 7. The molecule has 2 aromatic carbocycles. The monoisotopic (exact) mass is 358 g/mol. The molecule has 0 saturated heterocycles. The summed E-state index contributed by atoms with van der Waals surface area (Å²) in [6.07, 6.45) is 1.61. The molecule has 0 amide bonds. The Labute approximate surface area is 149 Å². The maximum Gasteiger partial charge on any atom is 0.208 e. The second-order valence-corrected chi connectivity index (χ2v) is 5.55. The third kappa shape index (κ3) is 3.22. The van der Waals surface area contributed by atoms with Crippen LogP contribution in [-0.4, -0.2) is 27.5 Å². The van der Waals surface area contributed by atoms with E-state index >= 15 is 0 Å². The summed E-state index contributed by atoms with van der Waals surface area (Å²) in [6.45, 7) is -0.383. The number of halogens is 1. The van der Waals surface area contributed by atoms with Gasteiger partial charge in [-0.3, -0.25) is 9.18 Å². The smallest absolute Gasteiger partial charge is 0.208 e. The Bertz CT molecular complexity index is 950. The molecule has 0 unspecified atom stereocenters. The van der Waals surface area contributed by atoms with E-state index in [-0.39, 0.29) is 29.8 Å². The summed E-state index contributed by atoms with van der Waals surface area (Å²) in [4.78, 5) is 13.0. The van der Waals surface area contributed by atoms with Gasteiger partial charge >= 0.3 is 0 Å². The summed E-state index contributed by atoms with van der Waals surface area (Å²) in [6, 6.07) is 10.8. The fourth-order valence-corrected chi connectivity index (χ4v) is 2.72. The number of ether oxygens (including phenoxy) is 3. The Hall–Kier alpha value is -3.02. The Balaban J connectivity index is 2.24. The molecule has 3 rings (SSSR count).